The first-order valence-corrected chi connectivity index (χ1v) is 8.86. The molecule has 2 N–H and O–H groups in total. The molecular formula is C19H22N2O3. The van der Waals surface area contributed by atoms with Gasteiger partial charge in [0.05, 0.1) is 25.2 Å². The number of nitrogens with one attached hydrogen (secondary N) is 1. The first kappa shape index (κ1) is 14.5. The summed E-state index contributed by atoms with van der Waals surface area (Å²) < 4.78 is 5.59. The molecule has 5 rings (SSSR count). The number of piperidine rings is 1. The maximum atomic E-state index is 11.7. The number of hydrogen-bond donors (Lipinski definition) is 2. The first-order valence-electron chi connectivity index (χ1n) is 8.86. The highest BCUT2D eigenvalue weighted by Crippen LogP contribution is 2.46. The van der Waals surface area contributed by atoms with Gasteiger partial charge < -0.3 is 14.8 Å². The van der Waals surface area contributed by atoms with Crippen LogP contribution >= 0.6 is 0 Å². The Labute approximate surface area is 140 Å². The van der Waals surface area contributed by atoms with Gasteiger partial charge in [-0.25, -0.2) is 0 Å². The molecule has 0 spiro atoms. The Balaban J connectivity index is 1.54. The Morgan fingerprint density at radius 2 is 2.17 bits per heavy atom. The summed E-state index contributed by atoms with van der Waals surface area (Å²) in [6.45, 7) is 3.08. The van der Waals surface area contributed by atoms with E-state index in [1.807, 2.05) is 0 Å². The van der Waals surface area contributed by atoms with Gasteiger partial charge >= 0.3 is 5.97 Å². The fourth-order valence-electron chi connectivity index (χ4n) is 5.13. The van der Waals surface area contributed by atoms with Crippen molar-refractivity contribution in [1.82, 2.24) is 9.88 Å². The van der Waals surface area contributed by atoms with Gasteiger partial charge in [0.1, 0.15) is 0 Å². The fraction of sp³-hybridized carbons (Fsp3) is 0.526. The summed E-state index contributed by atoms with van der Waals surface area (Å²) in [6, 6.07) is 8.82. The van der Waals surface area contributed by atoms with Crippen LogP contribution in [0.3, 0.4) is 0 Å². The smallest absolute Gasteiger partial charge is 0.309 e. The number of H-pyrrole nitrogens is 1. The molecule has 3 aliphatic rings. The monoisotopic (exact) mass is 326 g/mol. The van der Waals surface area contributed by atoms with E-state index in [1.165, 1.54) is 22.2 Å². The van der Waals surface area contributed by atoms with Crippen LogP contribution in [0.2, 0.25) is 0 Å². The normalized spacial score (nSPS) is 32.8. The second-order valence-corrected chi connectivity index (χ2v) is 7.47. The maximum absolute atomic E-state index is 11.7. The Morgan fingerprint density at radius 1 is 1.29 bits per heavy atom. The number of para-hydroxylation sites is 1. The lowest BCUT2D eigenvalue weighted by Gasteiger charge is -2.49. The van der Waals surface area contributed by atoms with Crippen molar-refractivity contribution in [1.29, 1.82) is 0 Å². The molecular weight excluding hydrogens is 304 g/mol. The van der Waals surface area contributed by atoms with Crippen molar-refractivity contribution in [2.24, 2.45) is 17.8 Å². The summed E-state index contributed by atoms with van der Waals surface area (Å²) in [5.74, 6) is -0.497. The van der Waals surface area contributed by atoms with Crippen molar-refractivity contribution >= 4 is 16.9 Å². The number of hydrogen-bond acceptors (Lipinski definition) is 3. The van der Waals surface area contributed by atoms with E-state index in [4.69, 9.17) is 4.74 Å². The van der Waals surface area contributed by atoms with E-state index in [9.17, 15) is 9.90 Å². The molecule has 4 atom stereocenters. The largest absolute Gasteiger partial charge is 0.481 e. The minimum atomic E-state index is -0.703. The summed E-state index contributed by atoms with van der Waals surface area (Å²) in [6.07, 6.45) is 1.99. The number of fused-ring (bicyclic) bond motifs is 6. The zero-order valence-electron chi connectivity index (χ0n) is 13.6. The fourth-order valence-corrected chi connectivity index (χ4v) is 5.13. The third-order valence-electron chi connectivity index (χ3n) is 6.30. The average molecular weight is 326 g/mol. The van der Waals surface area contributed by atoms with Crippen molar-refractivity contribution in [3.63, 3.8) is 0 Å². The lowest BCUT2D eigenvalue weighted by Crippen LogP contribution is -2.52. The number of aliphatic carboxylic acids is 1. The Bertz CT molecular complexity index is 799. The van der Waals surface area contributed by atoms with Crippen LogP contribution in [0.15, 0.2) is 24.3 Å². The summed E-state index contributed by atoms with van der Waals surface area (Å²) >= 11 is 0. The zero-order chi connectivity index (χ0) is 16.3. The highest BCUT2D eigenvalue weighted by atomic mass is 16.5. The number of carbonyl (C=O) groups is 1. The standard InChI is InChI=1S/C19H22N2O3/c22-19(23)15-10-24-9-11-8-21-6-5-13-12-3-1-2-4-16(12)20-18(13)17(21)7-14(11)15/h1-4,11,14-15,17,20H,5-10H2,(H,22,23)/t11-,14+,15?,17+/m1/s1. The number of aromatic nitrogens is 1. The Morgan fingerprint density at radius 3 is 3.04 bits per heavy atom. The summed E-state index contributed by atoms with van der Waals surface area (Å²) in [5.41, 5.74) is 3.95. The number of nitrogens with zero attached hydrogens (tertiary/aromatic N) is 1. The molecule has 0 saturated carbocycles. The second-order valence-electron chi connectivity index (χ2n) is 7.47. The van der Waals surface area contributed by atoms with Gasteiger partial charge in [0.2, 0.25) is 0 Å². The molecule has 4 heterocycles. The van der Waals surface area contributed by atoms with Gasteiger partial charge in [0.25, 0.3) is 0 Å². The minimum Gasteiger partial charge on any atom is -0.481 e. The lowest BCUT2D eigenvalue weighted by atomic mass is 9.71. The first-order chi connectivity index (χ1) is 11.7. The van der Waals surface area contributed by atoms with Gasteiger partial charge in [-0.1, -0.05) is 18.2 Å². The van der Waals surface area contributed by atoms with Crippen molar-refractivity contribution in [2.45, 2.75) is 18.9 Å². The van der Waals surface area contributed by atoms with Gasteiger partial charge in [-0.05, 0) is 36.3 Å². The SMILES string of the molecule is O=C(O)C1COC[C@H]2CN3CCc4c([nH]c5ccccc45)[C@@H]3C[C@H]12. The molecule has 24 heavy (non-hydrogen) atoms. The highest BCUT2D eigenvalue weighted by molar-refractivity contribution is 5.85. The molecule has 5 heteroatoms. The Hall–Kier alpha value is -1.85. The topological polar surface area (TPSA) is 65.6 Å². The van der Waals surface area contributed by atoms with E-state index < -0.39 is 5.97 Å². The van der Waals surface area contributed by atoms with E-state index in [0.717, 1.165) is 25.9 Å². The van der Waals surface area contributed by atoms with E-state index in [0.29, 0.717) is 25.2 Å². The van der Waals surface area contributed by atoms with Crippen molar-refractivity contribution in [3.8, 4) is 0 Å². The molecule has 1 unspecified atom stereocenters. The van der Waals surface area contributed by atoms with E-state index >= 15 is 0 Å². The number of benzene rings is 1. The summed E-state index contributed by atoms with van der Waals surface area (Å²) in [7, 11) is 0. The highest BCUT2D eigenvalue weighted by Gasteiger charge is 2.46. The molecule has 0 bridgehead atoms. The summed E-state index contributed by atoms with van der Waals surface area (Å²) in [4.78, 5) is 17.8. The van der Waals surface area contributed by atoms with Gasteiger partial charge in [0, 0.05) is 29.7 Å². The van der Waals surface area contributed by atoms with Crippen LogP contribution in [0.25, 0.3) is 10.9 Å². The van der Waals surface area contributed by atoms with Crippen LogP contribution in [-0.4, -0.2) is 47.3 Å². The molecule has 2 saturated heterocycles. The molecule has 1 aromatic carbocycles. The molecule has 0 amide bonds. The number of ether oxygens (including phenoxy) is 1. The van der Waals surface area contributed by atoms with Crippen LogP contribution in [0.4, 0.5) is 0 Å². The molecule has 0 radical (unpaired) electrons. The molecule has 2 fully saturated rings. The van der Waals surface area contributed by atoms with Crippen molar-refractivity contribution < 1.29 is 14.6 Å². The second kappa shape index (κ2) is 5.33. The van der Waals surface area contributed by atoms with Gasteiger partial charge in [-0.2, -0.15) is 0 Å². The predicted molar refractivity (Wildman–Crippen MR) is 89.9 cm³/mol. The molecule has 1 aromatic heterocycles. The summed E-state index contributed by atoms with van der Waals surface area (Å²) in [5, 5.41) is 10.9. The third-order valence-corrected chi connectivity index (χ3v) is 6.30. The van der Waals surface area contributed by atoms with Gasteiger partial charge in [-0.3, -0.25) is 9.69 Å². The van der Waals surface area contributed by atoms with Gasteiger partial charge in [-0.15, -0.1) is 0 Å². The van der Waals surface area contributed by atoms with Gasteiger partial charge in [0.15, 0.2) is 0 Å². The van der Waals surface area contributed by atoms with Crippen molar-refractivity contribution in [3.05, 3.63) is 35.5 Å². The average Bonchev–Trinajstić information content (AvgIpc) is 2.98. The molecule has 0 aliphatic carbocycles. The molecule has 2 aromatic rings. The maximum Gasteiger partial charge on any atom is 0.309 e. The molecule has 126 valence electrons. The van der Waals surface area contributed by atoms with Crippen LogP contribution in [0, 0.1) is 17.8 Å². The van der Waals surface area contributed by atoms with Crippen molar-refractivity contribution in [2.75, 3.05) is 26.3 Å². The van der Waals surface area contributed by atoms with Crippen LogP contribution in [0.1, 0.15) is 23.7 Å². The van der Waals surface area contributed by atoms with Crippen LogP contribution in [-0.2, 0) is 16.0 Å². The van der Waals surface area contributed by atoms with E-state index in [-0.39, 0.29) is 11.8 Å². The number of carboxylic acid groups (broad SMARTS) is 1. The molecule has 5 nitrogen and oxygen atoms in total. The van der Waals surface area contributed by atoms with E-state index in [1.54, 1.807) is 0 Å². The van der Waals surface area contributed by atoms with Crippen LogP contribution < -0.4 is 0 Å². The zero-order valence-corrected chi connectivity index (χ0v) is 13.6. The third kappa shape index (κ3) is 2.04. The quantitative estimate of drug-likeness (QED) is 0.845. The predicted octanol–water partition coefficient (Wildman–Crippen LogP) is 2.43. The van der Waals surface area contributed by atoms with Crippen LogP contribution in [0.5, 0.6) is 0 Å². The Kier molecular flexibility index (Phi) is 3.22. The molecule has 3 aliphatic heterocycles. The number of aromatic amines is 1. The lowest BCUT2D eigenvalue weighted by molar-refractivity contribution is -0.157. The number of rotatable bonds is 1. The number of carboxylic acids is 1. The van der Waals surface area contributed by atoms with E-state index in [2.05, 4.69) is 34.1 Å². The minimum absolute atomic E-state index is 0.217.